The van der Waals surface area contributed by atoms with E-state index in [1.165, 1.54) is 17.2 Å². The van der Waals surface area contributed by atoms with Gasteiger partial charge in [-0.3, -0.25) is 0 Å². The minimum absolute atomic E-state index is 0.0915. The van der Waals surface area contributed by atoms with E-state index in [-0.39, 0.29) is 17.5 Å². The molecule has 1 atom stereocenters. The van der Waals surface area contributed by atoms with E-state index in [0.29, 0.717) is 40.5 Å². The molecule has 0 saturated carbocycles. The molecule has 2 aliphatic rings. The van der Waals surface area contributed by atoms with Gasteiger partial charge in [0.2, 0.25) is 0 Å². The topological polar surface area (TPSA) is 102 Å². The molecular weight excluding hydrogens is 482 g/mol. The number of ether oxygens (including phenoxy) is 2. The zero-order valence-electron chi connectivity index (χ0n) is 19.4. The molecule has 5 heterocycles. The highest BCUT2D eigenvalue weighted by atomic mass is 19.1. The average molecular weight is 502 g/mol. The van der Waals surface area contributed by atoms with Gasteiger partial charge < -0.3 is 25.0 Å². The summed E-state index contributed by atoms with van der Waals surface area (Å²) in [7, 11) is 0. The molecule has 5 aromatic rings. The van der Waals surface area contributed by atoms with Gasteiger partial charge in [-0.25, -0.2) is 28.2 Å². The number of rotatable bonds is 4. The molecule has 37 heavy (non-hydrogen) atoms. The number of nitrogens with one attached hydrogen (secondary N) is 2. The summed E-state index contributed by atoms with van der Waals surface area (Å²) in [6.45, 7) is 3.05. The Hall–Kier alpha value is -4.58. The van der Waals surface area contributed by atoms with Gasteiger partial charge >= 0.3 is 0 Å². The third-order valence-corrected chi connectivity index (χ3v) is 6.57. The fourth-order valence-electron chi connectivity index (χ4n) is 4.80. The molecule has 0 radical (unpaired) electrons. The molecule has 2 N–H and O–H groups in total. The van der Waals surface area contributed by atoms with Gasteiger partial charge in [-0.1, -0.05) is 0 Å². The van der Waals surface area contributed by atoms with Crippen LogP contribution in [0, 0.1) is 11.6 Å². The van der Waals surface area contributed by atoms with Crippen molar-refractivity contribution in [1.82, 2.24) is 29.9 Å². The number of piperazine rings is 1. The number of nitrogens with zero attached hydrogens (tertiary/aromatic N) is 6. The maximum atomic E-state index is 15.2. The molecule has 1 fully saturated rings. The Bertz CT molecular complexity index is 1660. The van der Waals surface area contributed by atoms with Gasteiger partial charge in [0.15, 0.2) is 28.8 Å². The number of fused-ring (bicyclic) bond motifs is 6. The van der Waals surface area contributed by atoms with E-state index in [1.54, 1.807) is 18.3 Å². The highest BCUT2D eigenvalue weighted by molar-refractivity contribution is 6.00. The predicted octanol–water partition coefficient (Wildman–Crippen LogP) is 3.66. The zero-order chi connectivity index (χ0) is 24.9. The molecule has 2 aromatic carbocycles. The maximum Gasteiger partial charge on any atom is 0.168 e. The number of benzene rings is 2. The maximum absolute atomic E-state index is 15.2. The summed E-state index contributed by atoms with van der Waals surface area (Å²) in [6.07, 6.45) is 4.38. The average Bonchev–Trinajstić information content (AvgIpc) is 3.39. The van der Waals surface area contributed by atoms with E-state index in [2.05, 4.69) is 35.6 Å². The van der Waals surface area contributed by atoms with E-state index in [4.69, 9.17) is 9.47 Å². The smallest absolute Gasteiger partial charge is 0.168 e. The molecule has 3 aromatic heterocycles. The Morgan fingerprint density at radius 2 is 2.00 bits per heavy atom. The van der Waals surface area contributed by atoms with E-state index in [9.17, 15) is 0 Å². The number of hydrogen-bond donors (Lipinski definition) is 2. The Morgan fingerprint density at radius 3 is 2.95 bits per heavy atom. The van der Waals surface area contributed by atoms with Crippen molar-refractivity contribution in [3.05, 3.63) is 66.9 Å². The van der Waals surface area contributed by atoms with E-state index in [0.717, 1.165) is 37.5 Å². The van der Waals surface area contributed by atoms with Crippen molar-refractivity contribution in [1.29, 1.82) is 0 Å². The molecule has 0 spiro atoms. The van der Waals surface area contributed by atoms with E-state index >= 15 is 8.78 Å². The number of anilines is 3. The molecule has 0 aliphatic carbocycles. The SMILES string of the molecule is Fc1cc(Oc2ccn3ncnc3c2)c(F)cc1Nc1ncnc2ccc3c(c12)OC[C@H]1CNCCN31. The van der Waals surface area contributed by atoms with Crippen molar-refractivity contribution >= 4 is 33.7 Å². The second kappa shape index (κ2) is 8.52. The molecule has 10 nitrogen and oxygen atoms in total. The number of aromatic nitrogens is 5. The van der Waals surface area contributed by atoms with Crippen LogP contribution < -0.4 is 25.0 Å². The summed E-state index contributed by atoms with van der Waals surface area (Å²) in [5.74, 6) is -0.463. The zero-order valence-corrected chi connectivity index (χ0v) is 19.4. The van der Waals surface area contributed by atoms with Gasteiger partial charge in [0.05, 0.1) is 28.3 Å². The molecule has 7 rings (SSSR count). The normalized spacial score (nSPS) is 16.8. The van der Waals surface area contributed by atoms with Crippen LogP contribution in [-0.2, 0) is 0 Å². The standard InChI is InChI=1S/C25H20F2N8O2/c26-16-9-21(37-15-3-5-35-22(7-15)30-13-32-35)17(27)8-19(16)33-25-23-18(29-12-31-25)1-2-20-24(23)36-11-14-10-28-4-6-34(14)20/h1-3,5,7-9,12-14,28H,4,6,10-11H2,(H,29,31,33)/t14-/m1/s1. The van der Waals surface area contributed by atoms with Crippen molar-refractivity contribution in [3.63, 3.8) is 0 Å². The number of pyridine rings is 1. The predicted molar refractivity (Wildman–Crippen MR) is 132 cm³/mol. The van der Waals surface area contributed by atoms with E-state index < -0.39 is 11.6 Å². The van der Waals surface area contributed by atoms with Gasteiger partial charge in [0.25, 0.3) is 0 Å². The van der Waals surface area contributed by atoms with Crippen molar-refractivity contribution in [2.75, 3.05) is 36.5 Å². The summed E-state index contributed by atoms with van der Waals surface area (Å²) < 4.78 is 43.4. The largest absolute Gasteiger partial charge is 0.488 e. The van der Waals surface area contributed by atoms with Crippen molar-refractivity contribution < 1.29 is 18.3 Å². The van der Waals surface area contributed by atoms with Crippen LogP contribution in [0.5, 0.6) is 17.2 Å². The molecule has 12 heteroatoms. The van der Waals surface area contributed by atoms with E-state index in [1.807, 2.05) is 12.1 Å². The molecular formula is C25H20F2N8O2. The lowest BCUT2D eigenvalue weighted by Crippen LogP contribution is -2.55. The van der Waals surface area contributed by atoms with Crippen molar-refractivity contribution in [2.24, 2.45) is 0 Å². The molecule has 0 unspecified atom stereocenters. The summed E-state index contributed by atoms with van der Waals surface area (Å²) in [4.78, 5) is 15.0. The first-order valence-corrected chi connectivity index (χ1v) is 11.8. The lowest BCUT2D eigenvalue weighted by atomic mass is 10.1. The molecule has 186 valence electrons. The summed E-state index contributed by atoms with van der Waals surface area (Å²) in [5, 5.41) is 10.9. The van der Waals surface area contributed by atoms with Crippen LogP contribution in [0.3, 0.4) is 0 Å². The lowest BCUT2D eigenvalue weighted by molar-refractivity contribution is 0.250. The van der Waals surface area contributed by atoms with Crippen molar-refractivity contribution in [3.8, 4) is 17.2 Å². The quantitative estimate of drug-likeness (QED) is 0.381. The molecule has 0 bridgehead atoms. The highest BCUT2D eigenvalue weighted by Crippen LogP contribution is 2.43. The van der Waals surface area contributed by atoms with Crippen molar-refractivity contribution in [2.45, 2.75) is 6.04 Å². The monoisotopic (exact) mass is 502 g/mol. The van der Waals surface area contributed by atoms with Crippen LogP contribution in [0.2, 0.25) is 0 Å². The first-order valence-electron chi connectivity index (χ1n) is 11.8. The van der Waals surface area contributed by atoms with Gasteiger partial charge in [-0.05, 0) is 18.2 Å². The third-order valence-electron chi connectivity index (χ3n) is 6.57. The first kappa shape index (κ1) is 21.7. The van der Waals surface area contributed by atoms with Gasteiger partial charge in [0.1, 0.15) is 30.8 Å². The lowest BCUT2D eigenvalue weighted by Gasteiger charge is -2.42. The van der Waals surface area contributed by atoms with Crippen LogP contribution >= 0.6 is 0 Å². The van der Waals surface area contributed by atoms with Gasteiger partial charge in [-0.2, -0.15) is 5.10 Å². The summed E-state index contributed by atoms with van der Waals surface area (Å²) in [5.41, 5.74) is 1.99. The number of hydrogen-bond acceptors (Lipinski definition) is 9. The Balaban J connectivity index is 1.23. The van der Waals surface area contributed by atoms with Gasteiger partial charge in [-0.15, -0.1) is 0 Å². The van der Waals surface area contributed by atoms with Gasteiger partial charge in [0, 0.05) is 44.0 Å². The first-order chi connectivity index (χ1) is 18.1. The second-order valence-electron chi connectivity index (χ2n) is 8.81. The van der Waals surface area contributed by atoms with Crippen LogP contribution in [0.4, 0.5) is 26.0 Å². The van der Waals surface area contributed by atoms with Crippen LogP contribution in [0.1, 0.15) is 0 Å². The van der Waals surface area contributed by atoms with Crippen LogP contribution in [0.15, 0.2) is 55.2 Å². The Morgan fingerprint density at radius 1 is 1.05 bits per heavy atom. The number of halogens is 2. The molecule has 0 amide bonds. The fourth-order valence-corrected chi connectivity index (χ4v) is 4.80. The molecule has 2 aliphatic heterocycles. The van der Waals surface area contributed by atoms with Crippen LogP contribution in [0.25, 0.3) is 16.6 Å². The Kier molecular flexibility index (Phi) is 4.99. The van der Waals surface area contributed by atoms with Crippen LogP contribution in [-0.4, -0.2) is 56.8 Å². The minimum atomic E-state index is -0.745. The second-order valence-corrected chi connectivity index (χ2v) is 8.81. The molecule has 1 saturated heterocycles. The Labute approximate surface area is 208 Å². The highest BCUT2D eigenvalue weighted by Gasteiger charge is 2.31. The summed E-state index contributed by atoms with van der Waals surface area (Å²) >= 11 is 0. The third kappa shape index (κ3) is 3.73. The fraction of sp³-hybridized carbons (Fsp3) is 0.200. The minimum Gasteiger partial charge on any atom is -0.488 e. The summed E-state index contributed by atoms with van der Waals surface area (Å²) in [6, 6.07) is 9.29.